The van der Waals surface area contributed by atoms with E-state index in [1.807, 2.05) is 0 Å². The summed E-state index contributed by atoms with van der Waals surface area (Å²) in [5.41, 5.74) is 1.52. The molecule has 0 unspecified atom stereocenters. The molecule has 1 fully saturated rings. The maximum absolute atomic E-state index is 12.1. The normalized spacial score (nSPS) is 23.6. The number of methoxy groups -OCH3 is 1. The topological polar surface area (TPSA) is 44.8 Å². The average Bonchev–Trinajstić information content (AvgIpc) is 2.55. The number of carbonyl (C=O) groups is 1. The molecule has 0 aromatic carbocycles. The Bertz CT molecular complexity index is 398. The molecule has 0 bridgehead atoms. The van der Waals surface area contributed by atoms with Gasteiger partial charge >= 0.3 is 0 Å². The highest BCUT2D eigenvalue weighted by Crippen LogP contribution is 2.19. The molecule has 0 radical (unpaired) electrons. The summed E-state index contributed by atoms with van der Waals surface area (Å²) in [6.45, 7) is 8.25. The Morgan fingerprint density at radius 3 is 2.96 bits per heavy atom. The number of amides is 1. The second-order valence-electron chi connectivity index (χ2n) is 6.82. The standard InChI is InChI=1S/C18H33N3O2/c1-16-14-20(10-11-21(16)12-13-23-2)15-18(22)19-9-8-17-6-4-3-5-7-17/h6,16H,3-5,7-15H2,1-2H3,(H,19,22)/t16-/m0/s1. The van der Waals surface area contributed by atoms with E-state index < -0.39 is 0 Å². The summed E-state index contributed by atoms with van der Waals surface area (Å²) in [7, 11) is 1.74. The molecule has 5 heteroatoms. The lowest BCUT2D eigenvalue weighted by Gasteiger charge is -2.39. The molecule has 1 aliphatic heterocycles. The molecule has 132 valence electrons. The van der Waals surface area contributed by atoms with Gasteiger partial charge in [-0.25, -0.2) is 0 Å². The van der Waals surface area contributed by atoms with Gasteiger partial charge in [0.15, 0.2) is 0 Å². The number of nitrogens with one attached hydrogen (secondary N) is 1. The van der Waals surface area contributed by atoms with Crippen molar-refractivity contribution in [1.29, 1.82) is 0 Å². The number of hydrogen-bond acceptors (Lipinski definition) is 4. The number of nitrogens with zero attached hydrogens (tertiary/aromatic N) is 2. The van der Waals surface area contributed by atoms with Crippen molar-refractivity contribution in [3.05, 3.63) is 11.6 Å². The fourth-order valence-electron chi connectivity index (χ4n) is 3.51. The minimum atomic E-state index is 0.166. The SMILES string of the molecule is COCCN1CCN(CC(=O)NCCC2=CCCCC2)C[C@@H]1C. The third kappa shape index (κ3) is 6.61. The number of carbonyl (C=O) groups excluding carboxylic acids is 1. The van der Waals surface area contributed by atoms with Gasteiger partial charge in [-0.3, -0.25) is 14.6 Å². The Kier molecular flexibility index (Phi) is 8.06. The van der Waals surface area contributed by atoms with Crippen LogP contribution in [-0.4, -0.2) is 74.7 Å². The Morgan fingerprint density at radius 2 is 2.26 bits per heavy atom. The van der Waals surface area contributed by atoms with E-state index in [-0.39, 0.29) is 5.91 Å². The summed E-state index contributed by atoms with van der Waals surface area (Å²) in [5, 5.41) is 3.08. The van der Waals surface area contributed by atoms with Gasteiger partial charge in [-0.05, 0) is 39.0 Å². The van der Waals surface area contributed by atoms with Crippen LogP contribution in [0.4, 0.5) is 0 Å². The van der Waals surface area contributed by atoms with Crippen LogP contribution in [0.2, 0.25) is 0 Å². The first-order chi connectivity index (χ1) is 11.2. The first kappa shape index (κ1) is 18.4. The van der Waals surface area contributed by atoms with Crippen LogP contribution in [0.5, 0.6) is 0 Å². The van der Waals surface area contributed by atoms with E-state index in [4.69, 9.17) is 4.74 Å². The van der Waals surface area contributed by atoms with E-state index in [1.54, 1.807) is 7.11 Å². The highest BCUT2D eigenvalue weighted by Gasteiger charge is 2.24. The van der Waals surface area contributed by atoms with Crippen LogP contribution >= 0.6 is 0 Å². The molecule has 5 nitrogen and oxygen atoms in total. The third-order valence-corrected chi connectivity index (χ3v) is 4.95. The lowest BCUT2D eigenvalue weighted by Crippen LogP contribution is -2.54. The van der Waals surface area contributed by atoms with Crippen molar-refractivity contribution in [2.24, 2.45) is 0 Å². The van der Waals surface area contributed by atoms with Crippen LogP contribution in [0.15, 0.2) is 11.6 Å². The van der Waals surface area contributed by atoms with Crippen LogP contribution in [-0.2, 0) is 9.53 Å². The van der Waals surface area contributed by atoms with Crippen LogP contribution in [0.1, 0.15) is 39.0 Å². The highest BCUT2D eigenvalue weighted by atomic mass is 16.5. The molecule has 1 amide bonds. The monoisotopic (exact) mass is 323 g/mol. The molecule has 0 saturated carbocycles. The van der Waals surface area contributed by atoms with Gasteiger partial charge in [-0.15, -0.1) is 0 Å². The minimum Gasteiger partial charge on any atom is -0.383 e. The summed E-state index contributed by atoms with van der Waals surface area (Å²) in [6.07, 6.45) is 8.45. The Morgan fingerprint density at radius 1 is 1.39 bits per heavy atom. The fraction of sp³-hybridized carbons (Fsp3) is 0.833. The molecular weight excluding hydrogens is 290 g/mol. The van der Waals surface area contributed by atoms with Crippen molar-refractivity contribution in [2.45, 2.75) is 45.1 Å². The zero-order chi connectivity index (χ0) is 16.5. The smallest absolute Gasteiger partial charge is 0.234 e. The van der Waals surface area contributed by atoms with Crippen LogP contribution in [0, 0.1) is 0 Å². The summed E-state index contributed by atoms with van der Waals surface area (Å²) in [4.78, 5) is 16.8. The van der Waals surface area contributed by atoms with Gasteiger partial charge in [0.2, 0.25) is 5.91 Å². The largest absolute Gasteiger partial charge is 0.383 e. The fourth-order valence-corrected chi connectivity index (χ4v) is 3.51. The zero-order valence-corrected chi connectivity index (χ0v) is 14.9. The first-order valence-corrected chi connectivity index (χ1v) is 9.09. The molecule has 2 rings (SSSR count). The summed E-state index contributed by atoms with van der Waals surface area (Å²) in [5.74, 6) is 0.166. The van der Waals surface area contributed by atoms with Crippen molar-refractivity contribution in [3.63, 3.8) is 0 Å². The van der Waals surface area contributed by atoms with Crippen molar-refractivity contribution in [3.8, 4) is 0 Å². The second-order valence-corrected chi connectivity index (χ2v) is 6.82. The van der Waals surface area contributed by atoms with E-state index >= 15 is 0 Å². The molecule has 23 heavy (non-hydrogen) atoms. The Hall–Kier alpha value is -0.910. The molecule has 1 atom stereocenters. The Balaban J connectivity index is 1.61. The van der Waals surface area contributed by atoms with Crippen molar-refractivity contribution in [1.82, 2.24) is 15.1 Å². The lowest BCUT2D eigenvalue weighted by atomic mass is 9.97. The van der Waals surface area contributed by atoms with Crippen LogP contribution < -0.4 is 5.32 Å². The van der Waals surface area contributed by atoms with E-state index in [1.165, 1.54) is 31.3 Å². The maximum atomic E-state index is 12.1. The number of rotatable bonds is 8. The number of allylic oxidation sites excluding steroid dienone is 1. The molecule has 0 aromatic rings. The minimum absolute atomic E-state index is 0.166. The third-order valence-electron chi connectivity index (χ3n) is 4.95. The molecule has 1 N–H and O–H groups in total. The molecule has 2 aliphatic rings. The average molecular weight is 323 g/mol. The summed E-state index contributed by atoms with van der Waals surface area (Å²) < 4.78 is 5.15. The van der Waals surface area contributed by atoms with Gasteiger partial charge in [-0.1, -0.05) is 11.6 Å². The van der Waals surface area contributed by atoms with E-state index in [0.717, 1.165) is 45.8 Å². The predicted molar refractivity (Wildman–Crippen MR) is 93.5 cm³/mol. The van der Waals surface area contributed by atoms with Gasteiger partial charge in [-0.2, -0.15) is 0 Å². The first-order valence-electron chi connectivity index (χ1n) is 9.09. The molecule has 1 aliphatic carbocycles. The van der Waals surface area contributed by atoms with Crippen molar-refractivity contribution in [2.75, 3.05) is 53.0 Å². The van der Waals surface area contributed by atoms with Gasteiger partial charge in [0.05, 0.1) is 13.2 Å². The van der Waals surface area contributed by atoms with Gasteiger partial charge in [0, 0.05) is 45.9 Å². The molecule has 1 saturated heterocycles. The van der Waals surface area contributed by atoms with Crippen LogP contribution in [0.25, 0.3) is 0 Å². The quantitative estimate of drug-likeness (QED) is 0.690. The highest BCUT2D eigenvalue weighted by molar-refractivity contribution is 5.78. The number of piperazine rings is 1. The van der Waals surface area contributed by atoms with Crippen LogP contribution in [0.3, 0.4) is 0 Å². The van der Waals surface area contributed by atoms with Crippen molar-refractivity contribution >= 4 is 5.91 Å². The maximum Gasteiger partial charge on any atom is 0.234 e. The van der Waals surface area contributed by atoms with E-state index in [9.17, 15) is 4.79 Å². The summed E-state index contributed by atoms with van der Waals surface area (Å²) in [6, 6.07) is 0.485. The number of ether oxygens (including phenoxy) is 1. The molecule has 1 heterocycles. The molecule has 0 aromatic heterocycles. The number of hydrogen-bond donors (Lipinski definition) is 1. The lowest BCUT2D eigenvalue weighted by molar-refractivity contribution is -0.122. The Labute approximate surface area is 141 Å². The van der Waals surface area contributed by atoms with E-state index in [2.05, 4.69) is 28.1 Å². The summed E-state index contributed by atoms with van der Waals surface area (Å²) >= 11 is 0. The second kappa shape index (κ2) is 10.1. The zero-order valence-electron chi connectivity index (χ0n) is 14.9. The van der Waals surface area contributed by atoms with Gasteiger partial charge in [0.1, 0.15) is 0 Å². The van der Waals surface area contributed by atoms with E-state index in [0.29, 0.717) is 12.6 Å². The van der Waals surface area contributed by atoms with Gasteiger partial charge < -0.3 is 10.1 Å². The van der Waals surface area contributed by atoms with Gasteiger partial charge in [0.25, 0.3) is 0 Å². The molecular formula is C18H33N3O2. The van der Waals surface area contributed by atoms with Crippen molar-refractivity contribution < 1.29 is 9.53 Å². The molecule has 0 spiro atoms. The predicted octanol–water partition coefficient (Wildman–Crippen LogP) is 1.65.